The number of likely N-dealkylation sites (tertiary alicyclic amines) is 1. The van der Waals surface area contributed by atoms with Crippen LogP contribution in [-0.2, 0) is 0 Å². The van der Waals surface area contributed by atoms with Gasteiger partial charge in [0.05, 0.1) is 17.4 Å². The van der Waals surface area contributed by atoms with E-state index in [1.54, 1.807) is 12.1 Å². The zero-order chi connectivity index (χ0) is 23.0. The maximum absolute atomic E-state index is 14.7. The number of rotatable bonds is 4. The minimum Gasteiger partial charge on any atom is -0.375 e. The third-order valence-corrected chi connectivity index (χ3v) is 6.37. The normalized spacial score (nSPS) is 17.0. The van der Waals surface area contributed by atoms with Crippen molar-refractivity contribution in [3.05, 3.63) is 65.0 Å². The third kappa shape index (κ3) is 4.01. The fraction of sp³-hybridized carbons (Fsp3) is 0.385. The van der Waals surface area contributed by atoms with E-state index < -0.39 is 5.82 Å². The standard InChI is InChI=1S/C26H31FN4O/c1-16-14-21(17(2)28-25-20(19(4)32)10-9-11-23(25)27)24-22(15-16)18(3)30(5)26(29-24)31-12-7-6-8-13-31/h9-11,14-15,17,28H,3,6-8,12-13H2,1-2,4-5H3. The Hall–Kier alpha value is -3.15. The molecule has 0 bridgehead atoms. The van der Waals surface area contributed by atoms with Gasteiger partial charge in [-0.25, -0.2) is 9.38 Å². The number of ketones is 1. The number of hydrogen-bond donors (Lipinski definition) is 1. The van der Waals surface area contributed by atoms with E-state index >= 15 is 0 Å². The molecule has 0 saturated carbocycles. The van der Waals surface area contributed by atoms with Crippen LogP contribution in [0.3, 0.4) is 0 Å². The predicted molar refractivity (Wildman–Crippen MR) is 129 cm³/mol. The van der Waals surface area contributed by atoms with Crippen molar-refractivity contribution in [1.82, 2.24) is 9.80 Å². The molecule has 2 aliphatic heterocycles. The lowest BCUT2D eigenvalue weighted by Crippen LogP contribution is -2.45. The van der Waals surface area contributed by atoms with E-state index in [4.69, 9.17) is 4.99 Å². The first-order chi connectivity index (χ1) is 15.3. The van der Waals surface area contributed by atoms with Crippen molar-refractivity contribution in [1.29, 1.82) is 0 Å². The van der Waals surface area contributed by atoms with Crippen molar-refractivity contribution in [3.63, 3.8) is 0 Å². The van der Waals surface area contributed by atoms with Gasteiger partial charge in [-0.05, 0) is 63.8 Å². The number of Topliss-reactive ketones (excluding diaryl/α,β-unsaturated/α-hetero) is 1. The number of hydrogen-bond acceptors (Lipinski definition) is 5. The number of halogens is 1. The second-order valence-electron chi connectivity index (χ2n) is 8.80. The summed E-state index contributed by atoms with van der Waals surface area (Å²) in [4.78, 5) is 21.6. The van der Waals surface area contributed by atoms with Crippen molar-refractivity contribution in [2.24, 2.45) is 4.99 Å². The number of nitrogens with zero attached hydrogens (tertiary/aromatic N) is 3. The molecule has 168 valence electrons. The molecule has 1 atom stereocenters. The van der Waals surface area contributed by atoms with Crippen molar-refractivity contribution in [2.45, 2.75) is 46.1 Å². The molecule has 2 aliphatic rings. The van der Waals surface area contributed by atoms with Gasteiger partial charge in [0.2, 0.25) is 5.96 Å². The zero-order valence-electron chi connectivity index (χ0n) is 19.3. The maximum Gasteiger partial charge on any atom is 0.206 e. The van der Waals surface area contributed by atoms with Crippen LogP contribution in [0.25, 0.3) is 5.70 Å². The van der Waals surface area contributed by atoms with Gasteiger partial charge >= 0.3 is 0 Å². The Labute approximate surface area is 189 Å². The summed E-state index contributed by atoms with van der Waals surface area (Å²) in [5, 5.41) is 3.25. The number of nitrogens with one attached hydrogen (secondary N) is 1. The van der Waals surface area contributed by atoms with Crippen LogP contribution in [0.1, 0.15) is 66.2 Å². The zero-order valence-corrected chi connectivity index (χ0v) is 19.3. The largest absolute Gasteiger partial charge is 0.375 e. The van der Waals surface area contributed by atoms with Gasteiger partial charge in [0.25, 0.3) is 0 Å². The molecule has 0 aromatic heterocycles. The highest BCUT2D eigenvalue weighted by molar-refractivity contribution is 6.00. The van der Waals surface area contributed by atoms with E-state index in [0.29, 0.717) is 5.56 Å². The van der Waals surface area contributed by atoms with E-state index in [1.807, 2.05) is 20.9 Å². The van der Waals surface area contributed by atoms with E-state index in [-0.39, 0.29) is 17.5 Å². The fourth-order valence-electron chi connectivity index (χ4n) is 4.59. The lowest BCUT2D eigenvalue weighted by atomic mass is 9.95. The molecule has 0 aliphatic carbocycles. The molecule has 0 radical (unpaired) electrons. The van der Waals surface area contributed by atoms with Crippen molar-refractivity contribution < 1.29 is 9.18 Å². The van der Waals surface area contributed by atoms with Crippen LogP contribution < -0.4 is 5.32 Å². The van der Waals surface area contributed by atoms with Gasteiger partial charge in [-0.2, -0.15) is 0 Å². The average molecular weight is 435 g/mol. The molecule has 6 heteroatoms. The van der Waals surface area contributed by atoms with Gasteiger partial charge in [0, 0.05) is 42.5 Å². The van der Waals surface area contributed by atoms with Crippen LogP contribution >= 0.6 is 0 Å². The van der Waals surface area contributed by atoms with Crippen LogP contribution in [0.5, 0.6) is 0 Å². The number of fused-ring (bicyclic) bond motifs is 1. The molecular formula is C26H31FN4O. The number of para-hydroxylation sites is 1. The molecule has 2 heterocycles. The molecule has 4 rings (SSSR count). The summed E-state index contributed by atoms with van der Waals surface area (Å²) in [5.41, 5.74) is 5.37. The Morgan fingerprint density at radius 1 is 1.22 bits per heavy atom. The lowest BCUT2D eigenvalue weighted by molar-refractivity contribution is 0.101. The van der Waals surface area contributed by atoms with Gasteiger partial charge < -0.3 is 15.1 Å². The van der Waals surface area contributed by atoms with E-state index in [1.165, 1.54) is 19.4 Å². The third-order valence-electron chi connectivity index (χ3n) is 6.37. The monoisotopic (exact) mass is 434 g/mol. The van der Waals surface area contributed by atoms with Crippen molar-refractivity contribution in [3.8, 4) is 0 Å². The first-order valence-electron chi connectivity index (χ1n) is 11.2. The summed E-state index contributed by atoms with van der Waals surface area (Å²) in [7, 11) is 2.01. The molecule has 2 aromatic carbocycles. The molecular weight excluding hydrogens is 403 g/mol. The Morgan fingerprint density at radius 2 is 1.94 bits per heavy atom. The van der Waals surface area contributed by atoms with Gasteiger partial charge in [-0.1, -0.05) is 18.7 Å². The molecule has 5 nitrogen and oxygen atoms in total. The van der Waals surface area contributed by atoms with E-state index in [9.17, 15) is 9.18 Å². The number of benzene rings is 2. The van der Waals surface area contributed by atoms with Crippen LogP contribution in [0.15, 0.2) is 41.9 Å². The van der Waals surface area contributed by atoms with Gasteiger partial charge in [0.15, 0.2) is 5.78 Å². The minimum absolute atomic E-state index is 0.175. The summed E-state index contributed by atoms with van der Waals surface area (Å²) in [6.45, 7) is 11.8. The molecule has 0 spiro atoms. The van der Waals surface area contributed by atoms with Crippen LogP contribution in [0.4, 0.5) is 15.8 Å². The van der Waals surface area contributed by atoms with Crippen LogP contribution in [0.2, 0.25) is 0 Å². The van der Waals surface area contributed by atoms with E-state index in [2.05, 4.69) is 33.8 Å². The number of carbonyl (C=O) groups is 1. The molecule has 1 saturated heterocycles. The molecule has 0 amide bonds. The summed E-state index contributed by atoms with van der Waals surface area (Å²) in [5.74, 6) is 0.299. The summed E-state index contributed by atoms with van der Waals surface area (Å²) < 4.78 is 14.7. The second-order valence-corrected chi connectivity index (χ2v) is 8.80. The number of anilines is 1. The van der Waals surface area contributed by atoms with Gasteiger partial charge in [-0.3, -0.25) is 4.79 Å². The summed E-state index contributed by atoms with van der Waals surface area (Å²) in [6.07, 6.45) is 3.57. The number of carbonyl (C=O) groups excluding carboxylic acids is 1. The Kier molecular flexibility index (Phi) is 6.04. The number of guanidine groups is 1. The number of aliphatic imine (C=N–C) groups is 1. The average Bonchev–Trinajstić information content (AvgIpc) is 2.77. The molecule has 1 N–H and O–H groups in total. The molecule has 2 aromatic rings. The fourth-order valence-corrected chi connectivity index (χ4v) is 4.59. The highest BCUT2D eigenvalue weighted by atomic mass is 19.1. The van der Waals surface area contributed by atoms with Crippen LogP contribution in [0, 0.1) is 12.7 Å². The maximum atomic E-state index is 14.7. The van der Waals surface area contributed by atoms with Crippen molar-refractivity contribution in [2.75, 3.05) is 25.5 Å². The topological polar surface area (TPSA) is 47.9 Å². The Bertz CT molecular complexity index is 1100. The molecule has 1 fully saturated rings. The molecule has 1 unspecified atom stereocenters. The van der Waals surface area contributed by atoms with E-state index in [0.717, 1.165) is 60.0 Å². The first-order valence-corrected chi connectivity index (χ1v) is 11.2. The SMILES string of the molecule is C=C1c2cc(C)cc(C(C)Nc3c(F)cccc3C(C)=O)c2N=C(N2CCCCC2)N1C. The summed E-state index contributed by atoms with van der Waals surface area (Å²) >= 11 is 0. The highest BCUT2D eigenvalue weighted by Gasteiger charge is 2.29. The Morgan fingerprint density at radius 3 is 2.62 bits per heavy atom. The van der Waals surface area contributed by atoms with Crippen molar-refractivity contribution >= 4 is 28.8 Å². The predicted octanol–water partition coefficient (Wildman–Crippen LogP) is 5.90. The Balaban J connectivity index is 1.78. The number of piperidine rings is 1. The first kappa shape index (κ1) is 22.1. The highest BCUT2D eigenvalue weighted by Crippen LogP contribution is 2.41. The summed E-state index contributed by atoms with van der Waals surface area (Å²) in [6, 6.07) is 8.50. The quantitative estimate of drug-likeness (QED) is 0.609. The minimum atomic E-state index is -0.437. The molecule has 32 heavy (non-hydrogen) atoms. The van der Waals surface area contributed by atoms with Gasteiger partial charge in [0.1, 0.15) is 5.82 Å². The smallest absolute Gasteiger partial charge is 0.206 e. The van der Waals surface area contributed by atoms with Gasteiger partial charge in [-0.15, -0.1) is 0 Å². The second kappa shape index (κ2) is 8.77. The van der Waals surface area contributed by atoms with Crippen LogP contribution in [-0.4, -0.2) is 41.7 Å². The lowest BCUT2D eigenvalue weighted by Gasteiger charge is -2.38. The number of aryl methyl sites for hydroxylation is 1.